The first kappa shape index (κ1) is 15.9. The summed E-state index contributed by atoms with van der Waals surface area (Å²) in [4.78, 5) is 11.7. The standard InChI is InChI=1S/C18H21NO3/c1-14(16-9-6-10-17(11-16)21-2)12-19-18(20)22-13-15-7-4-3-5-8-15/h3-11,14H,12-13H2,1-2H3,(H,19,20). The number of amides is 1. The summed E-state index contributed by atoms with van der Waals surface area (Å²) in [5.41, 5.74) is 2.08. The zero-order valence-electron chi connectivity index (χ0n) is 12.9. The molecular weight excluding hydrogens is 278 g/mol. The third-order valence-electron chi connectivity index (χ3n) is 3.43. The number of rotatable bonds is 6. The lowest BCUT2D eigenvalue weighted by Gasteiger charge is -2.14. The maximum absolute atomic E-state index is 11.7. The van der Waals surface area contributed by atoms with Gasteiger partial charge in [-0.15, -0.1) is 0 Å². The molecule has 4 heteroatoms. The first-order valence-electron chi connectivity index (χ1n) is 7.27. The molecule has 2 aromatic carbocycles. The topological polar surface area (TPSA) is 47.6 Å². The molecule has 0 radical (unpaired) electrons. The molecule has 1 unspecified atom stereocenters. The summed E-state index contributed by atoms with van der Waals surface area (Å²) in [6.07, 6.45) is -0.404. The van der Waals surface area contributed by atoms with Crippen LogP contribution in [-0.2, 0) is 11.3 Å². The third-order valence-corrected chi connectivity index (χ3v) is 3.43. The van der Waals surface area contributed by atoms with Crippen LogP contribution in [0.1, 0.15) is 24.0 Å². The minimum Gasteiger partial charge on any atom is -0.497 e. The number of hydrogen-bond donors (Lipinski definition) is 1. The molecule has 0 aromatic heterocycles. The lowest BCUT2D eigenvalue weighted by molar-refractivity contribution is 0.139. The predicted octanol–water partition coefficient (Wildman–Crippen LogP) is 3.73. The van der Waals surface area contributed by atoms with Crippen LogP contribution in [-0.4, -0.2) is 19.7 Å². The molecule has 2 aromatic rings. The third kappa shape index (κ3) is 4.81. The molecule has 2 rings (SSSR count). The number of carbonyl (C=O) groups excluding carboxylic acids is 1. The van der Waals surface area contributed by atoms with Crippen molar-refractivity contribution >= 4 is 6.09 Å². The Bertz CT molecular complexity index is 598. The van der Waals surface area contributed by atoms with Crippen LogP contribution in [0.2, 0.25) is 0 Å². The molecule has 0 aliphatic heterocycles. The van der Waals surface area contributed by atoms with Gasteiger partial charge in [0, 0.05) is 6.54 Å². The molecule has 0 spiro atoms. The number of alkyl carbamates (subject to hydrolysis) is 1. The van der Waals surface area contributed by atoms with Gasteiger partial charge in [0.2, 0.25) is 0 Å². The van der Waals surface area contributed by atoms with Crippen LogP contribution in [0.5, 0.6) is 5.75 Å². The lowest BCUT2D eigenvalue weighted by Crippen LogP contribution is -2.28. The van der Waals surface area contributed by atoms with E-state index < -0.39 is 6.09 Å². The summed E-state index contributed by atoms with van der Waals surface area (Å²) in [5.74, 6) is 0.996. The lowest BCUT2D eigenvalue weighted by atomic mass is 10.0. The Balaban J connectivity index is 1.77. The van der Waals surface area contributed by atoms with Gasteiger partial charge in [0.15, 0.2) is 0 Å². The van der Waals surface area contributed by atoms with Gasteiger partial charge in [-0.1, -0.05) is 49.4 Å². The van der Waals surface area contributed by atoms with E-state index in [9.17, 15) is 4.79 Å². The van der Waals surface area contributed by atoms with Crippen molar-refractivity contribution < 1.29 is 14.3 Å². The molecule has 0 fully saturated rings. The van der Waals surface area contributed by atoms with E-state index >= 15 is 0 Å². The molecule has 1 N–H and O–H groups in total. The van der Waals surface area contributed by atoms with Gasteiger partial charge in [0.05, 0.1) is 7.11 Å². The smallest absolute Gasteiger partial charge is 0.407 e. The number of nitrogens with one attached hydrogen (secondary N) is 1. The molecular formula is C18H21NO3. The maximum atomic E-state index is 11.7. The molecule has 0 saturated heterocycles. The van der Waals surface area contributed by atoms with Gasteiger partial charge in [0.1, 0.15) is 12.4 Å². The monoisotopic (exact) mass is 299 g/mol. The number of hydrogen-bond acceptors (Lipinski definition) is 3. The van der Waals surface area contributed by atoms with Gasteiger partial charge in [0.25, 0.3) is 0 Å². The molecule has 22 heavy (non-hydrogen) atoms. The van der Waals surface area contributed by atoms with Gasteiger partial charge in [-0.05, 0) is 29.2 Å². The molecule has 0 saturated carbocycles. The highest BCUT2D eigenvalue weighted by molar-refractivity contribution is 5.67. The second-order valence-electron chi connectivity index (χ2n) is 5.12. The van der Waals surface area contributed by atoms with E-state index in [0.29, 0.717) is 6.54 Å². The van der Waals surface area contributed by atoms with E-state index in [-0.39, 0.29) is 12.5 Å². The van der Waals surface area contributed by atoms with Crippen LogP contribution < -0.4 is 10.1 Å². The van der Waals surface area contributed by atoms with Crippen molar-refractivity contribution in [1.82, 2.24) is 5.32 Å². The van der Waals surface area contributed by atoms with Gasteiger partial charge in [-0.2, -0.15) is 0 Å². The Hall–Kier alpha value is -2.49. The normalized spacial score (nSPS) is 11.5. The molecule has 0 heterocycles. The van der Waals surface area contributed by atoms with Crippen LogP contribution >= 0.6 is 0 Å². The summed E-state index contributed by atoms with van der Waals surface area (Å²) in [6.45, 7) is 2.84. The first-order valence-corrected chi connectivity index (χ1v) is 7.27. The molecule has 4 nitrogen and oxygen atoms in total. The van der Waals surface area contributed by atoms with Crippen LogP contribution in [0.3, 0.4) is 0 Å². The second kappa shape index (κ2) is 8.08. The Morgan fingerprint density at radius 3 is 2.64 bits per heavy atom. The van der Waals surface area contributed by atoms with Crippen LogP contribution in [0.25, 0.3) is 0 Å². The van der Waals surface area contributed by atoms with Crippen molar-refractivity contribution in [3.8, 4) is 5.75 Å². The first-order chi connectivity index (χ1) is 10.7. The van der Waals surface area contributed by atoms with Crippen LogP contribution in [0, 0.1) is 0 Å². The fraction of sp³-hybridized carbons (Fsp3) is 0.278. The van der Waals surface area contributed by atoms with Crippen molar-refractivity contribution in [2.24, 2.45) is 0 Å². The zero-order chi connectivity index (χ0) is 15.8. The average molecular weight is 299 g/mol. The van der Waals surface area contributed by atoms with Crippen molar-refractivity contribution in [3.05, 3.63) is 65.7 Å². The molecule has 0 aliphatic rings. The van der Waals surface area contributed by atoms with Gasteiger partial charge in [-0.3, -0.25) is 0 Å². The largest absolute Gasteiger partial charge is 0.497 e. The summed E-state index contributed by atoms with van der Waals surface area (Å²) in [6, 6.07) is 17.4. The summed E-state index contributed by atoms with van der Waals surface area (Å²) in [5, 5.41) is 2.79. The summed E-state index contributed by atoms with van der Waals surface area (Å²) >= 11 is 0. The zero-order valence-corrected chi connectivity index (χ0v) is 12.9. The Morgan fingerprint density at radius 1 is 1.14 bits per heavy atom. The highest BCUT2D eigenvalue weighted by atomic mass is 16.5. The molecule has 1 amide bonds. The Morgan fingerprint density at radius 2 is 1.91 bits per heavy atom. The molecule has 116 valence electrons. The number of ether oxygens (including phenoxy) is 2. The minimum atomic E-state index is -0.404. The van der Waals surface area contributed by atoms with E-state index in [1.165, 1.54) is 0 Å². The Kier molecular flexibility index (Phi) is 5.83. The van der Waals surface area contributed by atoms with E-state index in [4.69, 9.17) is 9.47 Å². The highest BCUT2D eigenvalue weighted by Gasteiger charge is 2.09. The van der Waals surface area contributed by atoms with E-state index in [2.05, 4.69) is 5.32 Å². The summed E-state index contributed by atoms with van der Waals surface area (Å²) in [7, 11) is 1.64. The Labute approximate surface area is 131 Å². The van der Waals surface area contributed by atoms with Crippen molar-refractivity contribution in [2.45, 2.75) is 19.4 Å². The minimum absolute atomic E-state index is 0.180. The SMILES string of the molecule is COc1cccc(C(C)CNC(=O)OCc2ccccc2)c1. The number of carbonyl (C=O) groups is 1. The van der Waals surface area contributed by atoms with Gasteiger partial charge in [-0.25, -0.2) is 4.79 Å². The quantitative estimate of drug-likeness (QED) is 0.884. The van der Waals surface area contributed by atoms with Gasteiger partial charge < -0.3 is 14.8 Å². The van der Waals surface area contributed by atoms with Crippen molar-refractivity contribution in [1.29, 1.82) is 0 Å². The summed E-state index contributed by atoms with van der Waals surface area (Å²) < 4.78 is 10.4. The van der Waals surface area contributed by atoms with E-state index in [1.807, 2.05) is 61.5 Å². The van der Waals surface area contributed by atoms with Crippen LogP contribution in [0.4, 0.5) is 4.79 Å². The second-order valence-corrected chi connectivity index (χ2v) is 5.12. The molecule has 0 aliphatic carbocycles. The molecule has 1 atom stereocenters. The van der Waals surface area contributed by atoms with E-state index in [0.717, 1.165) is 16.9 Å². The average Bonchev–Trinajstić information content (AvgIpc) is 2.58. The van der Waals surface area contributed by atoms with Gasteiger partial charge >= 0.3 is 6.09 Å². The van der Waals surface area contributed by atoms with Crippen molar-refractivity contribution in [2.75, 3.05) is 13.7 Å². The maximum Gasteiger partial charge on any atom is 0.407 e. The predicted molar refractivity (Wildman–Crippen MR) is 86.0 cm³/mol. The number of methoxy groups -OCH3 is 1. The van der Waals surface area contributed by atoms with Crippen LogP contribution in [0.15, 0.2) is 54.6 Å². The highest BCUT2D eigenvalue weighted by Crippen LogP contribution is 2.19. The van der Waals surface area contributed by atoms with Crippen molar-refractivity contribution in [3.63, 3.8) is 0 Å². The fourth-order valence-electron chi connectivity index (χ4n) is 2.08. The number of benzene rings is 2. The van der Waals surface area contributed by atoms with E-state index in [1.54, 1.807) is 7.11 Å². The fourth-order valence-corrected chi connectivity index (χ4v) is 2.08. The molecule has 0 bridgehead atoms.